The Labute approximate surface area is 491 Å². The zero-order chi connectivity index (χ0) is 57.1. The quantitative estimate of drug-likeness (QED) is 0.0261. The van der Waals surface area contributed by atoms with Crippen molar-refractivity contribution >= 4 is 17.9 Å². The lowest BCUT2D eigenvalue weighted by Gasteiger charge is -2.18. The smallest absolute Gasteiger partial charge is 0.306 e. The van der Waals surface area contributed by atoms with Crippen LogP contribution in [0.3, 0.4) is 0 Å². The zero-order valence-electron chi connectivity index (χ0n) is 52.9. The van der Waals surface area contributed by atoms with Gasteiger partial charge in [-0.3, -0.25) is 14.4 Å². The van der Waals surface area contributed by atoms with Gasteiger partial charge in [0.1, 0.15) is 13.2 Å². The minimum absolute atomic E-state index is 0.0760. The molecule has 1 unspecified atom stereocenters. The van der Waals surface area contributed by atoms with Crippen LogP contribution in [0.4, 0.5) is 0 Å². The van der Waals surface area contributed by atoms with Gasteiger partial charge in [0.25, 0.3) is 0 Å². The summed E-state index contributed by atoms with van der Waals surface area (Å²) in [5.74, 6) is -0.864. The number of unbranched alkanes of at least 4 members (excludes halogenated alkanes) is 43. The molecule has 0 aliphatic rings. The third kappa shape index (κ3) is 65.8. The molecule has 0 aromatic heterocycles. The Balaban J connectivity index is 4.37. The second-order valence-electron chi connectivity index (χ2n) is 23.4. The normalized spacial score (nSPS) is 12.4. The maximum Gasteiger partial charge on any atom is 0.306 e. The number of carbonyl (C=O) groups excluding carboxylic acids is 3. The molecule has 0 aliphatic carbocycles. The molecule has 0 amide bonds. The third-order valence-electron chi connectivity index (χ3n) is 15.5. The highest BCUT2D eigenvalue weighted by Crippen LogP contribution is 2.17. The van der Waals surface area contributed by atoms with Crippen molar-refractivity contribution < 1.29 is 28.6 Å². The first-order chi connectivity index (χ1) is 39.0. The van der Waals surface area contributed by atoms with Crippen molar-refractivity contribution in [1.29, 1.82) is 0 Å². The Hall–Kier alpha value is -2.89. The van der Waals surface area contributed by atoms with Crippen LogP contribution >= 0.6 is 0 Å². The topological polar surface area (TPSA) is 78.9 Å². The van der Waals surface area contributed by atoms with Crippen molar-refractivity contribution in [3.8, 4) is 0 Å². The minimum atomic E-state index is -0.781. The summed E-state index contributed by atoms with van der Waals surface area (Å²) in [7, 11) is 0. The van der Waals surface area contributed by atoms with Crippen molar-refractivity contribution in [1.82, 2.24) is 0 Å². The number of hydrogen-bond donors (Lipinski definition) is 0. The van der Waals surface area contributed by atoms with Crippen LogP contribution in [0.5, 0.6) is 0 Å². The Kier molecular flexibility index (Phi) is 65.1. The molecule has 0 saturated carbocycles. The summed E-state index contributed by atoms with van der Waals surface area (Å²) in [6, 6.07) is 0. The molecule has 0 heterocycles. The SMILES string of the molecule is CCCCCCC/C=C\C/C=C\CCCCCCCCCCCC(=O)OCC(COC(=O)CCCCCCCCCCC/C=C\CCCCCCCC)OC(=O)CCCCCCCCCCC/C=C\C/C=C\CCCCCCC. The standard InChI is InChI=1S/C73H132O6/c1-4-7-10-13-16-19-22-25-28-31-34-36-39-42-45-48-51-54-57-60-63-66-72(75)78-69-70(68-77-71(74)65-62-59-56-53-50-47-44-41-38-33-30-27-24-21-18-15-12-9-6-3)79-73(76)67-64-61-58-55-52-49-46-43-40-37-35-32-29-26-23-20-17-14-11-8-5-2/h22-23,25-27,30-32,34-35,70H,4-21,24,28-29,33,36-69H2,1-3H3/b25-22-,26-23-,30-27-,34-31-,35-32-. The molecular formula is C73H132O6. The maximum atomic E-state index is 13.0. The summed E-state index contributed by atoms with van der Waals surface area (Å²) in [5.41, 5.74) is 0. The lowest BCUT2D eigenvalue weighted by molar-refractivity contribution is -0.167. The van der Waals surface area contributed by atoms with Gasteiger partial charge in [-0.05, 0) is 109 Å². The number of allylic oxidation sites excluding steroid dienone is 10. The van der Waals surface area contributed by atoms with E-state index in [1.807, 2.05) is 0 Å². The Morgan fingerprint density at radius 3 is 0.709 bits per heavy atom. The Bertz CT molecular complexity index is 1410. The number of hydrogen-bond acceptors (Lipinski definition) is 6. The molecule has 0 bridgehead atoms. The number of esters is 3. The summed E-state index contributed by atoms with van der Waals surface area (Å²) < 4.78 is 17.0. The molecular weight excluding hydrogens is 973 g/mol. The molecule has 6 heteroatoms. The van der Waals surface area contributed by atoms with E-state index in [-0.39, 0.29) is 31.1 Å². The fourth-order valence-corrected chi connectivity index (χ4v) is 10.2. The van der Waals surface area contributed by atoms with Gasteiger partial charge in [-0.1, -0.05) is 300 Å². The van der Waals surface area contributed by atoms with Crippen LogP contribution in [0, 0.1) is 0 Å². The van der Waals surface area contributed by atoms with E-state index in [0.29, 0.717) is 19.3 Å². The lowest BCUT2D eigenvalue weighted by atomic mass is 10.1. The van der Waals surface area contributed by atoms with Gasteiger partial charge in [0, 0.05) is 19.3 Å². The largest absolute Gasteiger partial charge is 0.462 e. The molecule has 0 saturated heterocycles. The summed E-state index contributed by atoms with van der Waals surface area (Å²) in [6.07, 6.45) is 86.6. The van der Waals surface area contributed by atoms with Crippen LogP contribution in [0.15, 0.2) is 60.8 Å². The van der Waals surface area contributed by atoms with Crippen molar-refractivity contribution in [2.45, 2.75) is 374 Å². The fourth-order valence-electron chi connectivity index (χ4n) is 10.2. The molecule has 0 fully saturated rings. The van der Waals surface area contributed by atoms with Gasteiger partial charge < -0.3 is 14.2 Å². The van der Waals surface area contributed by atoms with Gasteiger partial charge in [0.2, 0.25) is 0 Å². The second-order valence-corrected chi connectivity index (χ2v) is 23.4. The van der Waals surface area contributed by atoms with E-state index >= 15 is 0 Å². The van der Waals surface area contributed by atoms with Gasteiger partial charge in [0.15, 0.2) is 6.10 Å². The average Bonchev–Trinajstić information content (AvgIpc) is 3.45. The van der Waals surface area contributed by atoms with Crippen LogP contribution in [-0.2, 0) is 28.6 Å². The zero-order valence-corrected chi connectivity index (χ0v) is 52.9. The molecule has 1 atom stereocenters. The van der Waals surface area contributed by atoms with Gasteiger partial charge >= 0.3 is 17.9 Å². The molecule has 79 heavy (non-hydrogen) atoms. The summed E-state index contributed by atoms with van der Waals surface area (Å²) in [5, 5.41) is 0. The van der Waals surface area contributed by atoms with Crippen molar-refractivity contribution in [2.24, 2.45) is 0 Å². The van der Waals surface area contributed by atoms with Crippen molar-refractivity contribution in [2.75, 3.05) is 13.2 Å². The Morgan fingerprint density at radius 1 is 0.253 bits per heavy atom. The second kappa shape index (κ2) is 67.6. The molecule has 0 rings (SSSR count). The predicted octanol–water partition coefficient (Wildman–Crippen LogP) is 23.9. The summed E-state index contributed by atoms with van der Waals surface area (Å²) in [6.45, 7) is 6.67. The first-order valence-electron chi connectivity index (χ1n) is 34.8. The van der Waals surface area contributed by atoms with E-state index in [1.54, 1.807) is 0 Å². The van der Waals surface area contributed by atoms with E-state index in [9.17, 15) is 14.4 Å². The monoisotopic (exact) mass is 1110 g/mol. The van der Waals surface area contributed by atoms with Crippen molar-refractivity contribution in [3.05, 3.63) is 60.8 Å². The van der Waals surface area contributed by atoms with E-state index in [0.717, 1.165) is 70.6 Å². The summed E-state index contributed by atoms with van der Waals surface area (Å²) >= 11 is 0. The summed E-state index contributed by atoms with van der Waals surface area (Å²) in [4.78, 5) is 38.5. The third-order valence-corrected chi connectivity index (χ3v) is 15.5. The highest BCUT2D eigenvalue weighted by Gasteiger charge is 2.19. The van der Waals surface area contributed by atoms with Crippen LogP contribution < -0.4 is 0 Å². The molecule has 0 aromatic rings. The van der Waals surface area contributed by atoms with E-state index in [4.69, 9.17) is 14.2 Å². The first-order valence-corrected chi connectivity index (χ1v) is 34.8. The molecule has 0 spiro atoms. The number of ether oxygens (including phenoxy) is 3. The van der Waals surface area contributed by atoms with Gasteiger partial charge in [-0.2, -0.15) is 0 Å². The molecule has 0 aromatic carbocycles. The van der Waals surface area contributed by atoms with Gasteiger partial charge in [-0.25, -0.2) is 0 Å². The maximum absolute atomic E-state index is 13.0. The van der Waals surface area contributed by atoms with Crippen LogP contribution in [-0.4, -0.2) is 37.2 Å². The molecule has 0 radical (unpaired) electrons. The molecule has 0 aliphatic heterocycles. The van der Waals surface area contributed by atoms with Gasteiger partial charge in [0.05, 0.1) is 0 Å². The highest BCUT2D eigenvalue weighted by molar-refractivity contribution is 5.71. The van der Waals surface area contributed by atoms with E-state index in [1.165, 1.54) is 257 Å². The van der Waals surface area contributed by atoms with Crippen LogP contribution in [0.1, 0.15) is 367 Å². The van der Waals surface area contributed by atoms with E-state index in [2.05, 4.69) is 81.5 Å². The van der Waals surface area contributed by atoms with Crippen LogP contribution in [0.2, 0.25) is 0 Å². The molecule has 0 N–H and O–H groups in total. The number of rotatable bonds is 64. The average molecular weight is 1110 g/mol. The highest BCUT2D eigenvalue weighted by atomic mass is 16.6. The molecule has 460 valence electrons. The van der Waals surface area contributed by atoms with Gasteiger partial charge in [-0.15, -0.1) is 0 Å². The number of carbonyl (C=O) groups is 3. The van der Waals surface area contributed by atoms with Crippen molar-refractivity contribution in [3.63, 3.8) is 0 Å². The minimum Gasteiger partial charge on any atom is -0.462 e. The first kappa shape index (κ1) is 76.1. The lowest BCUT2D eigenvalue weighted by Crippen LogP contribution is -2.30. The molecule has 6 nitrogen and oxygen atoms in total. The fraction of sp³-hybridized carbons (Fsp3) is 0.822. The predicted molar refractivity (Wildman–Crippen MR) is 344 cm³/mol. The van der Waals surface area contributed by atoms with E-state index < -0.39 is 6.10 Å². The van der Waals surface area contributed by atoms with Crippen LogP contribution in [0.25, 0.3) is 0 Å². The Morgan fingerprint density at radius 2 is 0.456 bits per heavy atom.